The van der Waals surface area contributed by atoms with Gasteiger partial charge >= 0.3 is 0 Å². The molecule has 0 aromatic carbocycles. The lowest BCUT2D eigenvalue weighted by molar-refractivity contribution is 0.128. The number of hydrogen-bond donors (Lipinski definition) is 1. The van der Waals surface area contributed by atoms with E-state index in [4.69, 9.17) is 10.5 Å². The van der Waals surface area contributed by atoms with E-state index in [0.717, 1.165) is 9.26 Å². The van der Waals surface area contributed by atoms with Gasteiger partial charge in [-0.2, -0.15) is 0 Å². The second-order valence-electron chi connectivity index (χ2n) is 4.34. The van der Waals surface area contributed by atoms with Crippen molar-refractivity contribution in [1.29, 1.82) is 0 Å². The van der Waals surface area contributed by atoms with Gasteiger partial charge in [0.1, 0.15) is 12.4 Å². The number of anilines is 1. The van der Waals surface area contributed by atoms with E-state index in [1.807, 2.05) is 6.92 Å². The largest absolute Gasteiger partial charge is 0.383 e. The summed E-state index contributed by atoms with van der Waals surface area (Å²) < 4.78 is 6.37. The summed E-state index contributed by atoms with van der Waals surface area (Å²) in [7, 11) is 0. The lowest BCUT2D eigenvalue weighted by Gasteiger charge is -2.13. The Hall–Kier alpha value is -0.430. The maximum Gasteiger partial charge on any atom is 0.156 e. The lowest BCUT2D eigenvalue weighted by atomic mass is 10.0. The van der Waals surface area contributed by atoms with Gasteiger partial charge < -0.3 is 10.5 Å². The molecule has 2 N–H and O–H groups in total. The van der Waals surface area contributed by atoms with Crippen molar-refractivity contribution in [3.05, 3.63) is 15.1 Å². The monoisotopic (exact) mass is 347 g/mol. The van der Waals surface area contributed by atoms with Crippen molar-refractivity contribution in [2.75, 3.05) is 12.3 Å². The first-order chi connectivity index (χ1) is 8.22. The van der Waals surface area contributed by atoms with E-state index in [0.29, 0.717) is 30.8 Å². The number of nitrogens with zero attached hydrogens (tertiary/aromatic N) is 2. The number of nitrogen functional groups attached to an aromatic ring is 1. The average molecular weight is 347 g/mol. The van der Waals surface area contributed by atoms with Gasteiger partial charge in [-0.15, -0.1) is 0 Å². The van der Waals surface area contributed by atoms with Crippen LogP contribution in [0.1, 0.15) is 50.0 Å². The van der Waals surface area contributed by atoms with Crippen LogP contribution in [0.4, 0.5) is 5.82 Å². The third-order valence-corrected chi connectivity index (χ3v) is 4.23. The topological polar surface area (TPSA) is 61.0 Å². The zero-order chi connectivity index (χ0) is 12.3. The maximum absolute atomic E-state index is 5.95. The molecule has 0 unspecified atom stereocenters. The molecule has 2 rings (SSSR count). The molecule has 0 radical (unpaired) electrons. The summed E-state index contributed by atoms with van der Waals surface area (Å²) >= 11 is 2.26. The molecule has 1 aromatic heterocycles. The first kappa shape index (κ1) is 13.0. The lowest BCUT2D eigenvalue weighted by Crippen LogP contribution is -2.10. The van der Waals surface area contributed by atoms with Crippen LogP contribution in [0, 0.1) is 3.57 Å². The van der Waals surface area contributed by atoms with Crippen LogP contribution in [0.25, 0.3) is 0 Å². The van der Waals surface area contributed by atoms with Gasteiger partial charge in [-0.3, -0.25) is 0 Å². The van der Waals surface area contributed by atoms with Crippen LogP contribution in [0.3, 0.4) is 0 Å². The fourth-order valence-electron chi connectivity index (χ4n) is 2.26. The number of hydrogen-bond acceptors (Lipinski definition) is 4. The van der Waals surface area contributed by atoms with Crippen molar-refractivity contribution in [2.45, 2.75) is 45.1 Å². The summed E-state index contributed by atoms with van der Waals surface area (Å²) in [5, 5.41) is 0. The van der Waals surface area contributed by atoms with Gasteiger partial charge in [0.2, 0.25) is 0 Å². The highest BCUT2D eigenvalue weighted by atomic mass is 127. The Morgan fingerprint density at radius 3 is 2.71 bits per heavy atom. The highest BCUT2D eigenvalue weighted by Gasteiger charge is 2.23. The Morgan fingerprint density at radius 1 is 1.35 bits per heavy atom. The summed E-state index contributed by atoms with van der Waals surface area (Å²) in [5.41, 5.74) is 7.08. The molecular weight excluding hydrogens is 329 g/mol. The van der Waals surface area contributed by atoms with Gasteiger partial charge in [-0.25, -0.2) is 9.97 Å². The molecule has 94 valence electrons. The molecule has 1 aliphatic rings. The molecule has 1 fully saturated rings. The molecule has 0 amide bonds. The molecule has 0 atom stereocenters. The third-order valence-electron chi connectivity index (χ3n) is 3.13. The van der Waals surface area contributed by atoms with Crippen LogP contribution in [-0.2, 0) is 11.3 Å². The minimum absolute atomic E-state index is 0.456. The third kappa shape index (κ3) is 3.07. The summed E-state index contributed by atoms with van der Waals surface area (Å²) in [6.45, 7) is 3.10. The average Bonchev–Trinajstić information content (AvgIpc) is 2.84. The van der Waals surface area contributed by atoms with Crippen LogP contribution in [-0.4, -0.2) is 16.6 Å². The highest BCUT2D eigenvalue weighted by Crippen LogP contribution is 2.36. The molecule has 0 bridgehead atoms. The Bertz CT molecular complexity index is 392. The van der Waals surface area contributed by atoms with Crippen LogP contribution >= 0.6 is 22.6 Å². The summed E-state index contributed by atoms with van der Waals surface area (Å²) in [5.74, 6) is 1.87. The van der Waals surface area contributed by atoms with Crippen molar-refractivity contribution in [2.24, 2.45) is 0 Å². The molecular formula is C12H18IN3O. The molecule has 0 saturated heterocycles. The normalized spacial score (nSPS) is 16.6. The van der Waals surface area contributed by atoms with Gasteiger partial charge in [-0.05, 0) is 42.4 Å². The van der Waals surface area contributed by atoms with Gasteiger partial charge in [0, 0.05) is 12.5 Å². The highest BCUT2D eigenvalue weighted by molar-refractivity contribution is 14.1. The van der Waals surface area contributed by atoms with Crippen LogP contribution in [0.2, 0.25) is 0 Å². The molecule has 0 spiro atoms. The molecule has 1 aliphatic carbocycles. The number of aromatic nitrogens is 2. The fourth-order valence-corrected chi connectivity index (χ4v) is 2.94. The summed E-state index contributed by atoms with van der Waals surface area (Å²) in [6.07, 6.45) is 5.04. The SMILES string of the molecule is CCOCc1nc(N)c(I)c(C2CCCC2)n1. The number of halogens is 1. The van der Waals surface area contributed by atoms with Crippen LogP contribution in [0.5, 0.6) is 0 Å². The molecule has 4 nitrogen and oxygen atoms in total. The Labute approximate surface area is 115 Å². The standard InChI is InChI=1S/C12H18IN3O/c1-2-17-7-9-15-11(8-5-3-4-6-8)10(13)12(14)16-9/h8H,2-7H2,1H3,(H2,14,15,16). The second kappa shape index (κ2) is 5.95. The first-order valence-corrected chi connectivity index (χ1v) is 7.19. The first-order valence-electron chi connectivity index (χ1n) is 6.12. The molecule has 1 heterocycles. The van der Waals surface area contributed by atoms with Crippen molar-refractivity contribution < 1.29 is 4.74 Å². The van der Waals surface area contributed by atoms with Gasteiger partial charge in [0.05, 0.1) is 9.26 Å². The second-order valence-corrected chi connectivity index (χ2v) is 5.42. The quantitative estimate of drug-likeness (QED) is 0.851. The zero-order valence-electron chi connectivity index (χ0n) is 10.1. The van der Waals surface area contributed by atoms with E-state index in [1.165, 1.54) is 25.7 Å². The minimum Gasteiger partial charge on any atom is -0.383 e. The van der Waals surface area contributed by atoms with Crippen molar-refractivity contribution >= 4 is 28.4 Å². The van der Waals surface area contributed by atoms with Gasteiger partial charge in [0.25, 0.3) is 0 Å². The summed E-state index contributed by atoms with van der Waals surface area (Å²) in [6, 6.07) is 0. The molecule has 1 aromatic rings. The van der Waals surface area contributed by atoms with E-state index in [-0.39, 0.29) is 0 Å². The van der Waals surface area contributed by atoms with E-state index in [2.05, 4.69) is 32.6 Å². The molecule has 1 saturated carbocycles. The summed E-state index contributed by atoms with van der Waals surface area (Å²) in [4.78, 5) is 8.91. The fraction of sp³-hybridized carbons (Fsp3) is 0.667. The van der Waals surface area contributed by atoms with Crippen molar-refractivity contribution in [3.8, 4) is 0 Å². The molecule has 0 aliphatic heterocycles. The number of rotatable bonds is 4. The zero-order valence-corrected chi connectivity index (χ0v) is 12.2. The molecule has 5 heteroatoms. The minimum atomic E-state index is 0.456. The predicted molar refractivity (Wildman–Crippen MR) is 75.7 cm³/mol. The van der Waals surface area contributed by atoms with Gasteiger partial charge in [0.15, 0.2) is 5.82 Å². The van der Waals surface area contributed by atoms with Gasteiger partial charge in [-0.1, -0.05) is 12.8 Å². The predicted octanol–water partition coefficient (Wildman–Crippen LogP) is 2.86. The van der Waals surface area contributed by atoms with E-state index >= 15 is 0 Å². The Balaban J connectivity index is 2.25. The smallest absolute Gasteiger partial charge is 0.156 e. The van der Waals surface area contributed by atoms with E-state index in [1.54, 1.807) is 0 Å². The Morgan fingerprint density at radius 2 is 2.06 bits per heavy atom. The van der Waals surface area contributed by atoms with Crippen LogP contribution < -0.4 is 5.73 Å². The van der Waals surface area contributed by atoms with E-state index < -0.39 is 0 Å². The number of ether oxygens (including phenoxy) is 1. The number of nitrogens with two attached hydrogens (primary N) is 1. The van der Waals surface area contributed by atoms with Crippen molar-refractivity contribution in [1.82, 2.24) is 9.97 Å². The molecule has 17 heavy (non-hydrogen) atoms. The maximum atomic E-state index is 5.95. The van der Waals surface area contributed by atoms with Crippen molar-refractivity contribution in [3.63, 3.8) is 0 Å². The Kier molecular flexibility index (Phi) is 4.55. The van der Waals surface area contributed by atoms with Crippen LogP contribution in [0.15, 0.2) is 0 Å². The van der Waals surface area contributed by atoms with E-state index in [9.17, 15) is 0 Å².